The highest BCUT2D eigenvalue weighted by molar-refractivity contribution is 4.94. The van der Waals surface area contributed by atoms with E-state index in [9.17, 15) is 0 Å². The number of ether oxygens (including phenoxy) is 2. The lowest BCUT2D eigenvalue weighted by molar-refractivity contribution is 0.0667. The van der Waals surface area contributed by atoms with Crippen LogP contribution in [0.25, 0.3) is 0 Å². The Morgan fingerprint density at radius 3 is 2.53 bits per heavy atom. The molecule has 0 aliphatic heterocycles. The molecule has 17 heavy (non-hydrogen) atoms. The summed E-state index contributed by atoms with van der Waals surface area (Å²) in [5.41, 5.74) is 0.611. The minimum absolute atomic E-state index is 0.611. The van der Waals surface area contributed by atoms with Crippen molar-refractivity contribution in [2.24, 2.45) is 11.3 Å². The van der Waals surface area contributed by atoms with Crippen LogP contribution in [0, 0.1) is 11.3 Å². The highest BCUT2D eigenvalue weighted by Crippen LogP contribution is 2.48. The molecule has 1 fully saturated rings. The van der Waals surface area contributed by atoms with Crippen molar-refractivity contribution in [2.75, 3.05) is 40.0 Å². The SMILES string of the molecule is COCCOCCCC1(CNCC(C)C)CC1. The van der Waals surface area contributed by atoms with Gasteiger partial charge in [-0.3, -0.25) is 0 Å². The van der Waals surface area contributed by atoms with E-state index in [1.807, 2.05) is 0 Å². The number of hydrogen-bond acceptors (Lipinski definition) is 3. The maximum Gasteiger partial charge on any atom is 0.0700 e. The summed E-state index contributed by atoms with van der Waals surface area (Å²) in [6.07, 6.45) is 5.30. The lowest BCUT2D eigenvalue weighted by atomic mass is 10.0. The molecule has 0 aromatic carbocycles. The van der Waals surface area contributed by atoms with Gasteiger partial charge in [0, 0.05) is 20.3 Å². The van der Waals surface area contributed by atoms with Crippen LogP contribution in [0.3, 0.4) is 0 Å². The maximum atomic E-state index is 5.49. The zero-order valence-corrected chi connectivity index (χ0v) is 11.8. The Morgan fingerprint density at radius 1 is 1.18 bits per heavy atom. The van der Waals surface area contributed by atoms with Crippen molar-refractivity contribution in [3.8, 4) is 0 Å². The first kappa shape index (κ1) is 14.9. The Bertz CT molecular complexity index is 191. The molecule has 0 saturated heterocycles. The highest BCUT2D eigenvalue weighted by Gasteiger charge is 2.41. The van der Waals surface area contributed by atoms with E-state index in [0.717, 1.165) is 25.7 Å². The van der Waals surface area contributed by atoms with Crippen molar-refractivity contribution in [3.63, 3.8) is 0 Å². The molecule has 1 aliphatic carbocycles. The predicted octanol–water partition coefficient (Wildman–Crippen LogP) is 2.46. The van der Waals surface area contributed by atoms with Crippen molar-refractivity contribution in [2.45, 2.75) is 39.5 Å². The Morgan fingerprint density at radius 2 is 1.94 bits per heavy atom. The average molecular weight is 243 g/mol. The van der Waals surface area contributed by atoms with Gasteiger partial charge in [-0.2, -0.15) is 0 Å². The fourth-order valence-corrected chi connectivity index (χ4v) is 2.11. The molecule has 0 atom stereocenters. The third kappa shape index (κ3) is 7.02. The van der Waals surface area contributed by atoms with Gasteiger partial charge in [0.05, 0.1) is 13.2 Å². The topological polar surface area (TPSA) is 30.5 Å². The molecule has 0 heterocycles. The van der Waals surface area contributed by atoms with Crippen molar-refractivity contribution in [3.05, 3.63) is 0 Å². The van der Waals surface area contributed by atoms with E-state index >= 15 is 0 Å². The minimum atomic E-state index is 0.611. The van der Waals surface area contributed by atoms with Crippen molar-refractivity contribution in [1.29, 1.82) is 0 Å². The zero-order chi connectivity index (χ0) is 12.6. The summed E-state index contributed by atoms with van der Waals surface area (Å²) in [7, 11) is 1.71. The Hall–Kier alpha value is -0.120. The molecule has 0 aromatic heterocycles. The largest absolute Gasteiger partial charge is 0.382 e. The normalized spacial score (nSPS) is 17.6. The zero-order valence-electron chi connectivity index (χ0n) is 11.8. The molecular formula is C14H29NO2. The summed E-state index contributed by atoms with van der Waals surface area (Å²) in [5, 5.41) is 3.59. The predicted molar refractivity (Wildman–Crippen MR) is 71.3 cm³/mol. The van der Waals surface area contributed by atoms with E-state index in [4.69, 9.17) is 9.47 Å². The van der Waals surface area contributed by atoms with Crippen molar-refractivity contribution in [1.82, 2.24) is 5.32 Å². The van der Waals surface area contributed by atoms with Crippen LogP contribution in [-0.4, -0.2) is 40.0 Å². The van der Waals surface area contributed by atoms with Gasteiger partial charge >= 0.3 is 0 Å². The average Bonchev–Trinajstić information content (AvgIpc) is 3.03. The molecule has 0 bridgehead atoms. The fourth-order valence-electron chi connectivity index (χ4n) is 2.11. The van der Waals surface area contributed by atoms with E-state index in [1.165, 1.54) is 32.2 Å². The smallest absolute Gasteiger partial charge is 0.0700 e. The molecule has 102 valence electrons. The monoisotopic (exact) mass is 243 g/mol. The van der Waals surface area contributed by atoms with E-state index in [1.54, 1.807) is 7.11 Å². The van der Waals surface area contributed by atoms with Gasteiger partial charge in [-0.15, -0.1) is 0 Å². The lowest BCUT2D eigenvalue weighted by Crippen LogP contribution is -2.27. The summed E-state index contributed by atoms with van der Waals surface area (Å²) >= 11 is 0. The molecule has 1 saturated carbocycles. The fraction of sp³-hybridized carbons (Fsp3) is 1.00. The van der Waals surface area contributed by atoms with Crippen LogP contribution < -0.4 is 5.32 Å². The van der Waals surface area contributed by atoms with Gasteiger partial charge in [-0.25, -0.2) is 0 Å². The number of hydrogen-bond donors (Lipinski definition) is 1. The van der Waals surface area contributed by atoms with Crippen molar-refractivity contribution >= 4 is 0 Å². The second kappa shape index (κ2) is 8.06. The third-order valence-electron chi connectivity index (χ3n) is 3.44. The van der Waals surface area contributed by atoms with Gasteiger partial charge in [0.2, 0.25) is 0 Å². The molecule has 1 rings (SSSR count). The standard InChI is InChI=1S/C14H29NO2/c1-13(2)11-15-12-14(6-7-14)5-4-8-17-10-9-16-3/h13,15H,4-12H2,1-3H3. The first-order valence-corrected chi connectivity index (χ1v) is 6.96. The van der Waals surface area contributed by atoms with Gasteiger partial charge in [-0.1, -0.05) is 13.8 Å². The van der Waals surface area contributed by atoms with E-state index < -0.39 is 0 Å². The molecule has 3 nitrogen and oxygen atoms in total. The second-order valence-electron chi connectivity index (χ2n) is 5.73. The van der Waals surface area contributed by atoms with Gasteiger partial charge in [0.25, 0.3) is 0 Å². The van der Waals surface area contributed by atoms with Gasteiger partial charge in [0.1, 0.15) is 0 Å². The number of nitrogens with one attached hydrogen (secondary N) is 1. The summed E-state index contributed by atoms with van der Waals surface area (Å²) < 4.78 is 10.4. The van der Waals surface area contributed by atoms with Crippen LogP contribution >= 0.6 is 0 Å². The van der Waals surface area contributed by atoms with Crippen molar-refractivity contribution < 1.29 is 9.47 Å². The van der Waals surface area contributed by atoms with E-state index in [0.29, 0.717) is 12.0 Å². The van der Waals surface area contributed by atoms with Crippen LogP contribution in [0.2, 0.25) is 0 Å². The summed E-state index contributed by atoms with van der Waals surface area (Å²) in [6.45, 7) is 9.19. The summed E-state index contributed by atoms with van der Waals surface area (Å²) in [4.78, 5) is 0. The van der Waals surface area contributed by atoms with Crippen LogP contribution in [-0.2, 0) is 9.47 Å². The summed E-state index contributed by atoms with van der Waals surface area (Å²) in [5.74, 6) is 0.753. The van der Waals surface area contributed by atoms with Crippen LogP contribution in [0.1, 0.15) is 39.5 Å². The second-order valence-corrected chi connectivity index (χ2v) is 5.73. The Balaban J connectivity index is 1.94. The molecule has 3 heteroatoms. The van der Waals surface area contributed by atoms with Gasteiger partial charge < -0.3 is 14.8 Å². The molecule has 0 spiro atoms. The molecular weight excluding hydrogens is 214 g/mol. The van der Waals surface area contributed by atoms with Crippen LogP contribution in [0.15, 0.2) is 0 Å². The molecule has 0 unspecified atom stereocenters. The highest BCUT2D eigenvalue weighted by atomic mass is 16.5. The Labute approximate surface area is 106 Å². The van der Waals surface area contributed by atoms with E-state index in [2.05, 4.69) is 19.2 Å². The number of methoxy groups -OCH3 is 1. The summed E-state index contributed by atoms with van der Waals surface area (Å²) in [6, 6.07) is 0. The first-order valence-electron chi connectivity index (χ1n) is 6.96. The molecule has 0 radical (unpaired) electrons. The third-order valence-corrected chi connectivity index (χ3v) is 3.44. The quantitative estimate of drug-likeness (QED) is 0.565. The Kier molecular flexibility index (Phi) is 7.09. The molecule has 0 aromatic rings. The first-order chi connectivity index (χ1) is 8.18. The van der Waals surface area contributed by atoms with Crippen LogP contribution in [0.5, 0.6) is 0 Å². The molecule has 0 amide bonds. The maximum absolute atomic E-state index is 5.49. The molecule has 1 N–H and O–H groups in total. The minimum Gasteiger partial charge on any atom is -0.382 e. The van der Waals surface area contributed by atoms with Gasteiger partial charge in [-0.05, 0) is 43.6 Å². The van der Waals surface area contributed by atoms with E-state index in [-0.39, 0.29) is 0 Å². The molecule has 1 aliphatic rings. The van der Waals surface area contributed by atoms with Crippen LogP contribution in [0.4, 0.5) is 0 Å². The lowest BCUT2D eigenvalue weighted by Gasteiger charge is -2.17. The number of rotatable bonds is 11. The van der Waals surface area contributed by atoms with Gasteiger partial charge in [0.15, 0.2) is 0 Å².